The van der Waals surface area contributed by atoms with E-state index < -0.39 is 0 Å². The second-order valence-electron chi connectivity index (χ2n) is 23.1. The molecule has 0 radical (unpaired) electrons. The largest absolute Gasteiger partial charge is 0.456 e. The molecule has 0 aliphatic carbocycles. The standard InChI is InChI=1S/C63H60BN3O/c1-60(2,3)39-23-29-42(30-24-39)65(43-31-25-40(26-32-43)61(4,5)6)45-35-36-46-48-38-55-56(47-17-12-15-22-54(47)68-55)59-57(48)64(67(53(46)37-45)44-33-27-41(28-34-44)62(7,8)9)51-20-16-19-50-58(51)66(59)52-21-14-13-18-49(52)63(50,10)11/h12-38H,1-11H3. The van der Waals surface area contributed by atoms with Crippen LogP contribution in [0.3, 0.4) is 0 Å². The number of para-hydroxylation sites is 3. The summed E-state index contributed by atoms with van der Waals surface area (Å²) in [6.07, 6.45) is 0. The number of hydrogen-bond acceptors (Lipinski definition) is 4. The smallest absolute Gasteiger partial charge is 0.333 e. The third-order valence-electron chi connectivity index (χ3n) is 15.3. The van der Waals surface area contributed by atoms with Crippen LogP contribution >= 0.6 is 0 Å². The third-order valence-corrected chi connectivity index (χ3v) is 15.3. The van der Waals surface area contributed by atoms with Gasteiger partial charge < -0.3 is 19.0 Å². The van der Waals surface area contributed by atoms with Crippen LogP contribution in [0.4, 0.5) is 45.5 Å². The summed E-state index contributed by atoms with van der Waals surface area (Å²) < 4.78 is 6.95. The number of fused-ring (bicyclic) bond motifs is 10. The molecule has 68 heavy (non-hydrogen) atoms. The third kappa shape index (κ3) is 6.27. The van der Waals surface area contributed by atoms with Crippen molar-refractivity contribution in [1.82, 2.24) is 0 Å². The fourth-order valence-corrected chi connectivity index (χ4v) is 11.6. The van der Waals surface area contributed by atoms with Crippen molar-refractivity contribution in [3.05, 3.63) is 192 Å². The summed E-state index contributed by atoms with van der Waals surface area (Å²) in [6, 6.07) is 62.0. The van der Waals surface area contributed by atoms with E-state index in [-0.39, 0.29) is 28.5 Å². The molecule has 0 fully saturated rings. The van der Waals surface area contributed by atoms with Crippen LogP contribution < -0.4 is 25.5 Å². The van der Waals surface area contributed by atoms with Crippen molar-refractivity contribution in [3.63, 3.8) is 0 Å². The van der Waals surface area contributed by atoms with E-state index in [1.165, 1.54) is 66.9 Å². The quantitative estimate of drug-likeness (QED) is 0.164. The number of rotatable bonds is 4. The van der Waals surface area contributed by atoms with Crippen molar-refractivity contribution in [3.8, 4) is 11.1 Å². The van der Waals surface area contributed by atoms with Crippen molar-refractivity contribution in [2.24, 2.45) is 0 Å². The van der Waals surface area contributed by atoms with E-state index >= 15 is 0 Å². The number of nitrogens with zero attached hydrogens (tertiary/aromatic N) is 3. The average molecular weight is 886 g/mol. The maximum atomic E-state index is 6.95. The zero-order valence-corrected chi connectivity index (χ0v) is 41.4. The summed E-state index contributed by atoms with van der Waals surface area (Å²) in [4.78, 5) is 7.71. The predicted octanol–water partition coefficient (Wildman–Crippen LogP) is 16.3. The van der Waals surface area contributed by atoms with Gasteiger partial charge in [-0.15, -0.1) is 0 Å². The van der Waals surface area contributed by atoms with Gasteiger partial charge in [0, 0.05) is 50.5 Å². The average Bonchev–Trinajstić information content (AvgIpc) is 3.69. The molecule has 12 rings (SSSR count). The highest BCUT2D eigenvalue weighted by atomic mass is 16.3. The van der Waals surface area contributed by atoms with Crippen molar-refractivity contribution in [1.29, 1.82) is 0 Å². The van der Waals surface area contributed by atoms with Gasteiger partial charge >= 0.3 is 6.85 Å². The van der Waals surface area contributed by atoms with E-state index in [1.807, 2.05) is 0 Å². The zero-order valence-electron chi connectivity index (χ0n) is 41.4. The summed E-state index contributed by atoms with van der Waals surface area (Å²) in [5, 5.41) is 2.29. The lowest BCUT2D eigenvalue weighted by Gasteiger charge is -2.50. The van der Waals surface area contributed by atoms with E-state index in [1.54, 1.807) is 0 Å². The topological polar surface area (TPSA) is 22.9 Å². The zero-order chi connectivity index (χ0) is 47.2. The Morgan fingerprint density at radius 2 is 1.04 bits per heavy atom. The van der Waals surface area contributed by atoms with Gasteiger partial charge in [-0.25, -0.2) is 0 Å². The normalized spacial score (nSPS) is 14.7. The van der Waals surface area contributed by atoms with Crippen LogP contribution in [0, 0.1) is 0 Å². The molecule has 9 aromatic rings. The number of furan rings is 1. The van der Waals surface area contributed by atoms with Gasteiger partial charge in [-0.05, 0) is 127 Å². The fraction of sp³-hybridized carbons (Fsp3) is 0.238. The van der Waals surface area contributed by atoms with Crippen molar-refractivity contribution in [2.75, 3.05) is 14.6 Å². The van der Waals surface area contributed by atoms with Gasteiger partial charge in [0.1, 0.15) is 11.2 Å². The first kappa shape index (κ1) is 42.4. The van der Waals surface area contributed by atoms with Crippen LogP contribution in [0.2, 0.25) is 0 Å². The first-order valence-corrected chi connectivity index (χ1v) is 24.5. The van der Waals surface area contributed by atoms with Gasteiger partial charge in [-0.2, -0.15) is 0 Å². The molecule has 4 heterocycles. The molecule has 0 atom stereocenters. The molecule has 4 nitrogen and oxygen atoms in total. The molecule has 3 aliphatic rings. The van der Waals surface area contributed by atoms with Crippen LogP contribution in [-0.2, 0) is 21.7 Å². The highest BCUT2D eigenvalue weighted by Gasteiger charge is 2.50. The Labute approximate surface area is 403 Å². The van der Waals surface area contributed by atoms with Gasteiger partial charge in [0.05, 0.1) is 16.8 Å². The molecule has 0 saturated carbocycles. The SMILES string of the molecule is CC(C)(C)c1ccc(N2B3c4cccc5c4N(c4ccccc4C5(C)C)c4c3c(cc3oc5ccccc5c43)-c3ccc(N(c4ccc(C(C)(C)C)cc4)c4ccc(C(C)(C)C)cc4)cc32)cc1. The molecule has 0 bridgehead atoms. The van der Waals surface area contributed by atoms with E-state index in [0.717, 1.165) is 50.4 Å². The van der Waals surface area contributed by atoms with Gasteiger partial charge in [-0.1, -0.05) is 173 Å². The van der Waals surface area contributed by atoms with E-state index in [0.29, 0.717) is 0 Å². The summed E-state index contributed by atoms with van der Waals surface area (Å²) in [7, 11) is 0. The Kier molecular flexibility index (Phi) is 9.05. The molecule has 0 spiro atoms. The van der Waals surface area contributed by atoms with Crippen molar-refractivity contribution < 1.29 is 4.42 Å². The lowest BCUT2D eigenvalue weighted by molar-refractivity contribution is 0.590. The van der Waals surface area contributed by atoms with Crippen LogP contribution in [0.1, 0.15) is 104 Å². The lowest BCUT2D eigenvalue weighted by Crippen LogP contribution is -2.62. The summed E-state index contributed by atoms with van der Waals surface area (Å²) >= 11 is 0. The second-order valence-corrected chi connectivity index (χ2v) is 23.1. The van der Waals surface area contributed by atoms with Gasteiger partial charge in [0.15, 0.2) is 0 Å². The van der Waals surface area contributed by atoms with Gasteiger partial charge in [0.25, 0.3) is 0 Å². The van der Waals surface area contributed by atoms with Gasteiger partial charge in [-0.3, -0.25) is 0 Å². The summed E-state index contributed by atoms with van der Waals surface area (Å²) in [5.41, 5.74) is 22.6. The molecule has 0 saturated heterocycles. The highest BCUT2D eigenvalue weighted by Crippen LogP contribution is 2.57. The number of hydrogen-bond donors (Lipinski definition) is 0. The Hall–Kier alpha value is -6.98. The Balaban J connectivity index is 1.18. The lowest BCUT2D eigenvalue weighted by atomic mass is 9.42. The molecule has 1 aromatic heterocycles. The van der Waals surface area contributed by atoms with Crippen LogP contribution in [0.15, 0.2) is 168 Å². The molecule has 8 aromatic carbocycles. The molecule has 336 valence electrons. The first-order chi connectivity index (χ1) is 32.4. The Bertz CT molecular complexity index is 3430. The predicted molar refractivity (Wildman–Crippen MR) is 290 cm³/mol. The minimum absolute atomic E-state index is 0.00755. The van der Waals surface area contributed by atoms with E-state index in [9.17, 15) is 0 Å². The van der Waals surface area contributed by atoms with Crippen LogP contribution in [-0.4, -0.2) is 6.85 Å². The molecule has 0 N–H and O–H groups in total. The maximum Gasteiger partial charge on any atom is 0.333 e. The number of benzene rings is 8. The molecule has 3 aliphatic heterocycles. The molecule has 5 heteroatoms. The van der Waals surface area contributed by atoms with Crippen molar-refractivity contribution >= 4 is 85.2 Å². The Morgan fingerprint density at radius 3 is 1.68 bits per heavy atom. The van der Waals surface area contributed by atoms with Crippen LogP contribution in [0.5, 0.6) is 0 Å². The molecule has 0 amide bonds. The summed E-state index contributed by atoms with van der Waals surface area (Å²) in [6.45, 7) is 25.3. The molecule has 0 unspecified atom stereocenters. The minimum Gasteiger partial charge on any atom is -0.456 e. The highest BCUT2D eigenvalue weighted by molar-refractivity contribution is 6.94. The fourth-order valence-electron chi connectivity index (χ4n) is 11.6. The van der Waals surface area contributed by atoms with E-state index in [2.05, 4.69) is 255 Å². The van der Waals surface area contributed by atoms with E-state index in [4.69, 9.17) is 4.42 Å². The van der Waals surface area contributed by atoms with Gasteiger partial charge in [0.2, 0.25) is 0 Å². The minimum atomic E-state index is -0.240. The second kappa shape index (κ2) is 14.5. The van der Waals surface area contributed by atoms with Crippen LogP contribution in [0.25, 0.3) is 33.1 Å². The molecular weight excluding hydrogens is 826 g/mol. The first-order valence-electron chi connectivity index (χ1n) is 24.5. The summed E-state index contributed by atoms with van der Waals surface area (Å²) in [5.74, 6) is 0. The molecular formula is C63H60BN3O. The monoisotopic (exact) mass is 885 g/mol. The van der Waals surface area contributed by atoms with Crippen molar-refractivity contribution in [2.45, 2.75) is 97.8 Å². The number of anilines is 8. The maximum absolute atomic E-state index is 6.95. The Morgan fingerprint density at radius 1 is 0.485 bits per heavy atom.